The number of ether oxygens (including phenoxy) is 1. The van der Waals surface area contributed by atoms with Crippen LogP contribution in [0, 0.1) is 24.5 Å². The van der Waals surface area contributed by atoms with Crippen molar-refractivity contribution >= 4 is 29.3 Å². The Bertz CT molecular complexity index is 899. The summed E-state index contributed by atoms with van der Waals surface area (Å²) >= 11 is 1.07. The van der Waals surface area contributed by atoms with E-state index >= 15 is 0 Å². The summed E-state index contributed by atoms with van der Waals surface area (Å²) in [7, 11) is 0. The Balaban J connectivity index is 1.97. The first-order valence-electron chi connectivity index (χ1n) is 8.86. The first-order chi connectivity index (χ1) is 13.1. The molecule has 0 aliphatic heterocycles. The summed E-state index contributed by atoms with van der Waals surface area (Å²) in [6.45, 7) is 9.63. The number of thioether (sulfide) groups is 1. The normalized spacial score (nSPS) is 10.9. The van der Waals surface area contributed by atoms with Gasteiger partial charge < -0.3 is 10.1 Å². The lowest BCUT2D eigenvalue weighted by Gasteiger charge is -2.19. The van der Waals surface area contributed by atoms with Crippen LogP contribution in [0.1, 0.15) is 47.8 Å². The van der Waals surface area contributed by atoms with Gasteiger partial charge in [-0.2, -0.15) is 5.26 Å². The van der Waals surface area contributed by atoms with Crippen molar-refractivity contribution in [2.45, 2.75) is 44.9 Å². The Hall–Kier alpha value is -2.78. The number of hydrogen-bond acceptors (Lipinski definition) is 5. The topological polar surface area (TPSA) is 79.2 Å². The zero-order valence-electron chi connectivity index (χ0n) is 16.8. The Labute approximate surface area is 170 Å². The average Bonchev–Trinajstić information content (AvgIpc) is 2.62. The number of nitriles is 1. The molecule has 28 heavy (non-hydrogen) atoms. The van der Waals surface area contributed by atoms with Crippen LogP contribution in [0.5, 0.6) is 0 Å². The van der Waals surface area contributed by atoms with Crippen molar-refractivity contribution in [3.63, 3.8) is 0 Å². The Morgan fingerprint density at radius 1 is 1.11 bits per heavy atom. The molecule has 0 bridgehead atoms. The van der Waals surface area contributed by atoms with Gasteiger partial charge in [0.2, 0.25) is 0 Å². The van der Waals surface area contributed by atoms with Crippen LogP contribution in [0.4, 0.5) is 5.69 Å². The van der Waals surface area contributed by atoms with Crippen LogP contribution in [0.15, 0.2) is 41.3 Å². The lowest BCUT2D eigenvalue weighted by atomic mass is 9.87. The molecular weight excluding hydrogens is 372 g/mol. The average molecular weight is 397 g/mol. The summed E-state index contributed by atoms with van der Waals surface area (Å²) in [5, 5.41) is 13.6. The zero-order valence-corrected chi connectivity index (χ0v) is 17.6. The molecule has 2 aromatic rings. The highest BCUT2D eigenvalue weighted by molar-refractivity contribution is 8.03. The van der Waals surface area contributed by atoms with E-state index in [9.17, 15) is 9.59 Å². The molecule has 0 saturated carbocycles. The number of aryl methyl sites for hydroxylation is 2. The summed E-state index contributed by atoms with van der Waals surface area (Å²) in [5.41, 5.74) is 3.87. The quantitative estimate of drug-likeness (QED) is 0.438. The minimum atomic E-state index is -0.537. The highest BCUT2D eigenvalue weighted by Gasteiger charge is 2.16. The molecule has 0 atom stereocenters. The molecule has 0 unspecified atom stereocenters. The van der Waals surface area contributed by atoms with E-state index in [-0.39, 0.29) is 12.0 Å². The minimum absolute atomic E-state index is 0.000659. The third-order valence-electron chi connectivity index (χ3n) is 4.26. The molecule has 0 heterocycles. The van der Waals surface area contributed by atoms with Gasteiger partial charge in [-0.3, -0.25) is 4.79 Å². The Morgan fingerprint density at radius 2 is 1.68 bits per heavy atom. The van der Waals surface area contributed by atoms with Gasteiger partial charge in [-0.25, -0.2) is 4.79 Å². The van der Waals surface area contributed by atoms with Crippen LogP contribution in [-0.2, 0) is 14.9 Å². The minimum Gasteiger partial charge on any atom is -0.452 e. The third-order valence-corrected chi connectivity index (χ3v) is 4.82. The second-order valence-electron chi connectivity index (χ2n) is 7.58. The first-order valence-corrected chi connectivity index (χ1v) is 9.68. The summed E-state index contributed by atoms with van der Waals surface area (Å²) in [4.78, 5) is 25.2. The smallest absolute Gasteiger partial charge is 0.338 e. The number of esters is 1. The van der Waals surface area contributed by atoms with Crippen LogP contribution < -0.4 is 5.32 Å². The van der Waals surface area contributed by atoms with E-state index in [4.69, 9.17) is 10.00 Å². The number of nitrogens with zero attached hydrogens (tertiary/aromatic N) is 1. The van der Waals surface area contributed by atoms with Crippen LogP contribution in [0.2, 0.25) is 0 Å². The number of carbonyl (C=O) groups excluding carboxylic acids is 2. The van der Waals surface area contributed by atoms with Crippen molar-refractivity contribution in [3.8, 4) is 5.40 Å². The Kier molecular flexibility index (Phi) is 6.87. The standard InChI is InChI=1S/C22H24N2O3S/c1-14-10-18(28-13-23)11-15(2)20(14)24-19(25)12-27-21(26)16-6-8-17(9-7-16)22(3,4)5/h6-11H,12H2,1-5H3,(H,24,25). The maximum absolute atomic E-state index is 12.2. The van der Waals surface area contributed by atoms with Gasteiger partial charge in [0.1, 0.15) is 5.40 Å². The molecule has 0 saturated heterocycles. The number of amides is 1. The van der Waals surface area contributed by atoms with Gasteiger partial charge in [0, 0.05) is 10.6 Å². The van der Waals surface area contributed by atoms with E-state index in [1.165, 1.54) is 0 Å². The van der Waals surface area contributed by atoms with Crippen molar-refractivity contribution in [1.82, 2.24) is 0 Å². The number of anilines is 1. The molecule has 146 valence electrons. The van der Waals surface area contributed by atoms with E-state index in [0.29, 0.717) is 11.3 Å². The molecule has 0 aromatic heterocycles. The molecule has 5 nitrogen and oxygen atoms in total. The molecule has 1 amide bonds. The van der Waals surface area contributed by atoms with E-state index in [2.05, 4.69) is 26.1 Å². The molecule has 2 aromatic carbocycles. The predicted molar refractivity (Wildman–Crippen MR) is 111 cm³/mol. The van der Waals surface area contributed by atoms with Gasteiger partial charge >= 0.3 is 5.97 Å². The highest BCUT2D eigenvalue weighted by atomic mass is 32.2. The summed E-state index contributed by atoms with van der Waals surface area (Å²) in [6, 6.07) is 10.9. The molecular formula is C22H24N2O3S. The molecule has 0 spiro atoms. The third kappa shape index (κ3) is 5.61. The number of hydrogen-bond donors (Lipinski definition) is 1. The summed E-state index contributed by atoms with van der Waals surface area (Å²) in [5.74, 6) is -0.948. The van der Waals surface area contributed by atoms with Gasteiger partial charge in [0.15, 0.2) is 6.61 Å². The number of nitrogens with one attached hydrogen (secondary N) is 1. The van der Waals surface area contributed by atoms with E-state index in [1.807, 2.05) is 43.5 Å². The fourth-order valence-corrected chi connectivity index (χ4v) is 3.31. The van der Waals surface area contributed by atoms with Gasteiger partial charge in [0.25, 0.3) is 5.91 Å². The van der Waals surface area contributed by atoms with Crippen molar-refractivity contribution in [3.05, 3.63) is 58.7 Å². The molecule has 1 N–H and O–H groups in total. The van der Waals surface area contributed by atoms with Gasteiger partial charge in [0.05, 0.1) is 5.56 Å². The number of carbonyl (C=O) groups is 2. The van der Waals surface area contributed by atoms with Crippen molar-refractivity contribution in [2.24, 2.45) is 0 Å². The van der Waals surface area contributed by atoms with E-state index in [0.717, 1.165) is 33.3 Å². The van der Waals surface area contributed by atoms with Crippen molar-refractivity contribution in [1.29, 1.82) is 5.26 Å². The van der Waals surface area contributed by atoms with Crippen molar-refractivity contribution < 1.29 is 14.3 Å². The fraction of sp³-hybridized carbons (Fsp3) is 0.318. The molecule has 6 heteroatoms. The second kappa shape index (κ2) is 8.94. The van der Waals surface area contributed by atoms with Crippen molar-refractivity contribution in [2.75, 3.05) is 11.9 Å². The molecule has 2 rings (SSSR count). The monoisotopic (exact) mass is 396 g/mol. The number of thiocyanates is 1. The summed E-state index contributed by atoms with van der Waals surface area (Å²) in [6.07, 6.45) is 0. The van der Waals surface area contributed by atoms with Gasteiger partial charge in [-0.1, -0.05) is 32.9 Å². The molecule has 0 radical (unpaired) electrons. The lowest BCUT2D eigenvalue weighted by molar-refractivity contribution is -0.119. The zero-order chi connectivity index (χ0) is 20.9. The maximum Gasteiger partial charge on any atom is 0.338 e. The molecule has 0 aliphatic rings. The largest absolute Gasteiger partial charge is 0.452 e. The second-order valence-corrected chi connectivity index (χ2v) is 8.44. The van der Waals surface area contributed by atoms with Gasteiger partial charge in [-0.15, -0.1) is 0 Å². The van der Waals surface area contributed by atoms with E-state index in [1.54, 1.807) is 12.1 Å². The first kappa shape index (κ1) is 21.5. The number of rotatable bonds is 5. The molecule has 0 fully saturated rings. The Morgan fingerprint density at radius 3 is 2.18 bits per heavy atom. The lowest BCUT2D eigenvalue weighted by Crippen LogP contribution is -2.22. The van der Waals surface area contributed by atoms with Crippen LogP contribution >= 0.6 is 11.8 Å². The van der Waals surface area contributed by atoms with Gasteiger partial charge in [-0.05, 0) is 72.0 Å². The summed E-state index contributed by atoms with van der Waals surface area (Å²) < 4.78 is 5.13. The predicted octanol–water partition coefficient (Wildman–Crippen LogP) is 4.97. The highest BCUT2D eigenvalue weighted by Crippen LogP contribution is 2.27. The van der Waals surface area contributed by atoms with Crippen LogP contribution in [0.25, 0.3) is 0 Å². The van der Waals surface area contributed by atoms with Crippen LogP contribution in [-0.4, -0.2) is 18.5 Å². The fourth-order valence-electron chi connectivity index (χ4n) is 2.73. The SMILES string of the molecule is Cc1cc(SC#N)cc(C)c1NC(=O)COC(=O)c1ccc(C(C)(C)C)cc1. The number of benzene rings is 2. The van der Waals surface area contributed by atoms with Crippen LogP contribution in [0.3, 0.4) is 0 Å². The maximum atomic E-state index is 12.2. The van der Waals surface area contributed by atoms with E-state index < -0.39 is 11.9 Å². The molecule has 0 aliphatic carbocycles.